The van der Waals surface area contributed by atoms with Crippen LogP contribution in [0.3, 0.4) is 0 Å². The van der Waals surface area contributed by atoms with Gasteiger partial charge < -0.3 is 28.8 Å². The molecular weight excluding hydrogens is 324 g/mol. The average molecular weight is 350 g/mol. The zero-order valence-electron chi connectivity index (χ0n) is 14.9. The van der Waals surface area contributed by atoms with Gasteiger partial charge in [-0.25, -0.2) is 0 Å². The van der Waals surface area contributed by atoms with Crippen LogP contribution >= 0.6 is 0 Å². The molecule has 1 saturated carbocycles. The van der Waals surface area contributed by atoms with Crippen LogP contribution in [-0.4, -0.2) is 44.6 Å². The van der Waals surface area contributed by atoms with Crippen LogP contribution < -0.4 is 14.2 Å². The molecule has 1 fully saturated rings. The van der Waals surface area contributed by atoms with Crippen LogP contribution in [0.4, 0.5) is 0 Å². The van der Waals surface area contributed by atoms with Crippen molar-refractivity contribution in [3.8, 4) is 17.2 Å². The molecule has 0 radical (unpaired) electrons. The predicted molar refractivity (Wildman–Crippen MR) is 90.0 cm³/mol. The molecule has 138 valence electrons. The Morgan fingerprint density at radius 3 is 2.52 bits per heavy atom. The highest BCUT2D eigenvalue weighted by Crippen LogP contribution is 2.52. The van der Waals surface area contributed by atoms with Crippen molar-refractivity contribution < 1.29 is 28.8 Å². The molecule has 0 saturated heterocycles. The Hall–Kier alpha value is -1.50. The van der Waals surface area contributed by atoms with Crippen molar-refractivity contribution in [1.82, 2.24) is 0 Å². The third-order valence-corrected chi connectivity index (χ3v) is 5.98. The summed E-state index contributed by atoms with van der Waals surface area (Å²) in [5.74, 6) is 2.39. The lowest BCUT2D eigenvalue weighted by Crippen LogP contribution is -2.47. The number of rotatable bonds is 3. The minimum absolute atomic E-state index is 0.00484. The van der Waals surface area contributed by atoms with Crippen molar-refractivity contribution in [2.45, 2.75) is 50.6 Å². The van der Waals surface area contributed by atoms with E-state index < -0.39 is 6.29 Å². The third-order valence-electron chi connectivity index (χ3n) is 5.98. The van der Waals surface area contributed by atoms with E-state index in [1.165, 1.54) is 0 Å². The molecule has 3 aliphatic rings. The van der Waals surface area contributed by atoms with Gasteiger partial charge in [0.2, 0.25) is 13.1 Å². The van der Waals surface area contributed by atoms with Gasteiger partial charge in [-0.15, -0.1) is 0 Å². The van der Waals surface area contributed by atoms with E-state index in [4.69, 9.17) is 23.7 Å². The van der Waals surface area contributed by atoms with E-state index in [9.17, 15) is 5.11 Å². The van der Waals surface area contributed by atoms with Crippen LogP contribution in [0.25, 0.3) is 0 Å². The Balaban J connectivity index is 1.75. The maximum Gasteiger partial charge on any atom is 0.231 e. The molecule has 0 amide bonds. The van der Waals surface area contributed by atoms with Crippen LogP contribution in [-0.2, 0) is 9.47 Å². The summed E-state index contributed by atoms with van der Waals surface area (Å²) in [6.45, 7) is 2.25. The van der Waals surface area contributed by atoms with E-state index in [1.807, 2.05) is 19.1 Å². The first-order valence-corrected chi connectivity index (χ1v) is 8.98. The topological polar surface area (TPSA) is 66.4 Å². The zero-order chi connectivity index (χ0) is 17.6. The fraction of sp³-hybridized carbons (Fsp3) is 0.684. The van der Waals surface area contributed by atoms with Crippen LogP contribution in [0, 0.1) is 11.8 Å². The number of hydrogen-bond acceptors (Lipinski definition) is 6. The number of ether oxygens (including phenoxy) is 5. The van der Waals surface area contributed by atoms with E-state index in [1.54, 1.807) is 14.2 Å². The van der Waals surface area contributed by atoms with Crippen molar-refractivity contribution in [2.24, 2.45) is 11.8 Å². The molecule has 1 aliphatic carbocycles. The Bertz CT molecular complexity index is 633. The monoisotopic (exact) mass is 350 g/mol. The standard InChI is InChI=1S/C19H26O6/c1-10-17(11-5-4-6-13(21-2)18(11)22-3)12-7-15-16(24-9-23-15)8-14(12)25-19(10)20/h7-8,10-11,13,17-20H,4-6,9H2,1-3H3. The fourth-order valence-corrected chi connectivity index (χ4v) is 4.74. The Kier molecular flexibility index (Phi) is 4.52. The molecule has 6 nitrogen and oxygen atoms in total. The molecule has 6 atom stereocenters. The normalized spacial score (nSPS) is 36.6. The maximum atomic E-state index is 10.5. The van der Waals surface area contributed by atoms with Gasteiger partial charge in [0, 0.05) is 37.7 Å². The highest BCUT2D eigenvalue weighted by molar-refractivity contribution is 5.54. The summed E-state index contributed by atoms with van der Waals surface area (Å²) < 4.78 is 28.3. The average Bonchev–Trinajstić information content (AvgIpc) is 3.08. The fourth-order valence-electron chi connectivity index (χ4n) is 4.74. The summed E-state index contributed by atoms with van der Waals surface area (Å²) in [4.78, 5) is 0. The first-order chi connectivity index (χ1) is 12.1. The Morgan fingerprint density at radius 2 is 1.80 bits per heavy atom. The summed E-state index contributed by atoms with van der Waals surface area (Å²) in [6, 6.07) is 3.84. The maximum absolute atomic E-state index is 10.5. The number of benzene rings is 1. The molecule has 0 spiro atoms. The van der Waals surface area contributed by atoms with Crippen molar-refractivity contribution in [2.75, 3.05) is 21.0 Å². The van der Waals surface area contributed by atoms with E-state index in [-0.39, 0.29) is 36.8 Å². The SMILES string of the molecule is COC1CCCC(C2c3cc4c(cc3OC(O)C2C)OCO4)C1OC. The van der Waals surface area contributed by atoms with Crippen molar-refractivity contribution in [1.29, 1.82) is 0 Å². The largest absolute Gasteiger partial charge is 0.464 e. The summed E-state index contributed by atoms with van der Waals surface area (Å²) in [6.07, 6.45) is 2.35. The van der Waals surface area contributed by atoms with Gasteiger partial charge in [0.25, 0.3) is 0 Å². The molecule has 2 aliphatic heterocycles. The molecule has 0 bridgehead atoms. The molecule has 1 aromatic carbocycles. The molecular formula is C19H26O6. The van der Waals surface area contributed by atoms with Crippen molar-refractivity contribution in [3.05, 3.63) is 17.7 Å². The van der Waals surface area contributed by atoms with Crippen molar-refractivity contribution in [3.63, 3.8) is 0 Å². The van der Waals surface area contributed by atoms with Gasteiger partial charge in [-0.3, -0.25) is 0 Å². The lowest BCUT2D eigenvalue weighted by molar-refractivity contribution is -0.125. The second-order valence-electron chi connectivity index (χ2n) is 7.21. The first kappa shape index (κ1) is 16.9. The number of methoxy groups -OCH3 is 2. The Labute approximate surface area is 148 Å². The van der Waals surface area contributed by atoms with Gasteiger partial charge in [0.1, 0.15) is 5.75 Å². The van der Waals surface area contributed by atoms with E-state index in [0.29, 0.717) is 11.5 Å². The van der Waals surface area contributed by atoms with Gasteiger partial charge in [-0.1, -0.05) is 13.3 Å². The molecule has 4 rings (SSSR count). The van der Waals surface area contributed by atoms with Crippen LogP contribution in [0.15, 0.2) is 12.1 Å². The summed E-state index contributed by atoms with van der Waals surface area (Å²) in [5, 5.41) is 10.5. The van der Waals surface area contributed by atoms with Gasteiger partial charge in [-0.05, 0) is 24.8 Å². The van der Waals surface area contributed by atoms with Crippen molar-refractivity contribution >= 4 is 0 Å². The molecule has 6 unspecified atom stereocenters. The molecule has 1 aromatic rings. The van der Waals surface area contributed by atoms with Crippen LogP contribution in [0.1, 0.15) is 37.7 Å². The third kappa shape index (κ3) is 2.76. The van der Waals surface area contributed by atoms with Gasteiger partial charge in [-0.2, -0.15) is 0 Å². The number of aliphatic hydroxyl groups excluding tert-OH is 1. The van der Waals surface area contributed by atoms with Crippen LogP contribution in [0.2, 0.25) is 0 Å². The van der Waals surface area contributed by atoms with Gasteiger partial charge >= 0.3 is 0 Å². The zero-order valence-corrected chi connectivity index (χ0v) is 14.9. The quantitative estimate of drug-likeness (QED) is 0.904. The number of hydrogen-bond donors (Lipinski definition) is 1. The van der Waals surface area contributed by atoms with E-state index >= 15 is 0 Å². The van der Waals surface area contributed by atoms with Gasteiger partial charge in [0.15, 0.2) is 11.5 Å². The number of fused-ring (bicyclic) bond motifs is 2. The van der Waals surface area contributed by atoms with E-state index in [2.05, 4.69) is 0 Å². The smallest absolute Gasteiger partial charge is 0.231 e. The predicted octanol–water partition coefficient (Wildman–Crippen LogP) is 2.68. The second kappa shape index (κ2) is 6.67. The molecule has 2 heterocycles. The van der Waals surface area contributed by atoms with Gasteiger partial charge in [0.05, 0.1) is 12.2 Å². The minimum Gasteiger partial charge on any atom is -0.464 e. The summed E-state index contributed by atoms with van der Waals surface area (Å²) in [7, 11) is 3.49. The minimum atomic E-state index is -0.849. The lowest BCUT2D eigenvalue weighted by atomic mass is 9.68. The molecule has 1 N–H and O–H groups in total. The molecule has 6 heteroatoms. The highest BCUT2D eigenvalue weighted by atomic mass is 16.7. The Morgan fingerprint density at radius 1 is 1.04 bits per heavy atom. The van der Waals surface area contributed by atoms with Crippen LogP contribution in [0.5, 0.6) is 17.2 Å². The second-order valence-corrected chi connectivity index (χ2v) is 7.21. The summed E-state index contributed by atoms with van der Waals surface area (Å²) in [5.41, 5.74) is 1.06. The first-order valence-electron chi connectivity index (χ1n) is 8.98. The molecule has 25 heavy (non-hydrogen) atoms. The van der Waals surface area contributed by atoms with E-state index in [0.717, 1.165) is 30.6 Å². The highest BCUT2D eigenvalue weighted by Gasteiger charge is 2.46. The molecule has 0 aromatic heterocycles. The lowest BCUT2D eigenvalue weighted by Gasteiger charge is -2.45. The number of aliphatic hydroxyl groups is 1. The summed E-state index contributed by atoms with van der Waals surface area (Å²) >= 11 is 0.